The molecule has 2 aromatic rings. The summed E-state index contributed by atoms with van der Waals surface area (Å²) in [5.41, 5.74) is 3.49. The van der Waals surface area contributed by atoms with Gasteiger partial charge in [0.05, 0.1) is 17.7 Å². The molecular weight excluding hydrogens is 198 g/mol. The molecule has 0 N–H and O–H groups in total. The minimum absolute atomic E-state index is 0.900. The second kappa shape index (κ2) is 3.97. The van der Waals surface area contributed by atoms with Crippen molar-refractivity contribution in [1.29, 1.82) is 0 Å². The van der Waals surface area contributed by atoms with Gasteiger partial charge in [-0.05, 0) is 43.0 Å². The molecule has 0 amide bonds. The van der Waals surface area contributed by atoms with E-state index in [1.54, 1.807) is 6.26 Å². The number of para-hydroxylation sites is 1. The van der Waals surface area contributed by atoms with E-state index in [-0.39, 0.29) is 0 Å². The second-order valence-electron chi connectivity index (χ2n) is 4.02. The molecule has 0 aliphatic carbocycles. The Labute approximate surface area is 94.6 Å². The van der Waals surface area contributed by atoms with E-state index < -0.39 is 0 Å². The summed E-state index contributed by atoms with van der Waals surface area (Å²) in [6.07, 6.45) is 4.93. The highest BCUT2D eigenvalue weighted by Crippen LogP contribution is 2.26. The van der Waals surface area contributed by atoms with E-state index >= 15 is 0 Å². The molecule has 1 aliphatic rings. The Balaban J connectivity index is 2.06. The Morgan fingerprint density at radius 1 is 1.00 bits per heavy atom. The summed E-state index contributed by atoms with van der Waals surface area (Å²) < 4.78 is 5.41. The lowest BCUT2D eigenvalue weighted by Gasteiger charge is -2.00. The van der Waals surface area contributed by atoms with Crippen LogP contribution in [0.4, 0.5) is 5.69 Å². The smallest absolute Gasteiger partial charge is 0.148 e. The lowest BCUT2D eigenvalue weighted by molar-refractivity contribution is 0.555. The molecule has 0 saturated heterocycles. The van der Waals surface area contributed by atoms with Gasteiger partial charge in [0.2, 0.25) is 0 Å². The maximum Gasteiger partial charge on any atom is 0.148 e. The highest BCUT2D eigenvalue weighted by molar-refractivity contribution is 6.00. The van der Waals surface area contributed by atoms with Gasteiger partial charge in [0.25, 0.3) is 0 Å². The number of hydrogen-bond donors (Lipinski definition) is 0. The second-order valence-corrected chi connectivity index (χ2v) is 4.02. The number of hydrogen-bond acceptors (Lipinski definition) is 2. The minimum Gasteiger partial charge on any atom is -0.463 e. The summed E-state index contributed by atoms with van der Waals surface area (Å²) in [6.45, 7) is 0. The zero-order valence-electron chi connectivity index (χ0n) is 9.02. The molecule has 1 aliphatic heterocycles. The fourth-order valence-electron chi connectivity index (χ4n) is 2.10. The standard InChI is InChI=1S/C14H13NO/c1-2-7-12-11(5-1)6-3-8-13(15-12)14-9-4-10-16-14/h1-2,4-5,7,9-10H,3,6,8H2. The molecule has 0 atom stereocenters. The van der Waals surface area contributed by atoms with Crippen LogP contribution in [0.2, 0.25) is 0 Å². The van der Waals surface area contributed by atoms with E-state index in [4.69, 9.17) is 9.41 Å². The van der Waals surface area contributed by atoms with Crippen LogP contribution in [0.15, 0.2) is 52.1 Å². The Bertz CT molecular complexity index is 511. The maximum absolute atomic E-state index is 5.41. The average Bonchev–Trinajstić information content (AvgIpc) is 2.75. The van der Waals surface area contributed by atoms with Crippen LogP contribution in [0.1, 0.15) is 24.2 Å². The third-order valence-electron chi connectivity index (χ3n) is 2.91. The zero-order valence-corrected chi connectivity index (χ0v) is 9.02. The van der Waals surface area contributed by atoms with Crippen molar-refractivity contribution in [2.45, 2.75) is 19.3 Å². The number of furan rings is 1. The monoisotopic (exact) mass is 211 g/mol. The number of aliphatic imine (C=N–C) groups is 1. The molecule has 0 unspecified atom stereocenters. The summed E-state index contributed by atoms with van der Waals surface area (Å²) in [5.74, 6) is 0.900. The summed E-state index contributed by atoms with van der Waals surface area (Å²) in [4.78, 5) is 4.70. The molecule has 2 nitrogen and oxygen atoms in total. The SMILES string of the molecule is c1coc(C2=Nc3ccccc3CCC2)c1. The quantitative estimate of drug-likeness (QED) is 0.705. The molecule has 80 valence electrons. The van der Waals surface area contributed by atoms with Crippen LogP contribution in [0, 0.1) is 0 Å². The third kappa shape index (κ3) is 1.67. The maximum atomic E-state index is 5.41. The molecule has 3 rings (SSSR count). The number of benzene rings is 1. The molecule has 0 saturated carbocycles. The fraction of sp³-hybridized carbons (Fsp3) is 0.214. The van der Waals surface area contributed by atoms with Crippen LogP contribution < -0.4 is 0 Å². The van der Waals surface area contributed by atoms with Gasteiger partial charge in [-0.15, -0.1) is 0 Å². The lowest BCUT2D eigenvalue weighted by Crippen LogP contribution is -1.97. The Hall–Kier alpha value is -1.83. The van der Waals surface area contributed by atoms with Crippen molar-refractivity contribution in [3.63, 3.8) is 0 Å². The van der Waals surface area contributed by atoms with Crippen molar-refractivity contribution in [1.82, 2.24) is 0 Å². The lowest BCUT2D eigenvalue weighted by atomic mass is 10.1. The topological polar surface area (TPSA) is 25.5 Å². The number of fused-ring (bicyclic) bond motifs is 1. The van der Waals surface area contributed by atoms with Gasteiger partial charge in [0, 0.05) is 0 Å². The van der Waals surface area contributed by atoms with Gasteiger partial charge in [-0.25, -0.2) is 4.99 Å². The van der Waals surface area contributed by atoms with Gasteiger partial charge in [0.1, 0.15) is 5.76 Å². The van der Waals surface area contributed by atoms with E-state index in [1.165, 1.54) is 5.56 Å². The highest BCUT2D eigenvalue weighted by Gasteiger charge is 2.12. The molecule has 0 bridgehead atoms. The van der Waals surface area contributed by atoms with Crippen LogP contribution in [0.25, 0.3) is 0 Å². The van der Waals surface area contributed by atoms with Crippen molar-refractivity contribution >= 4 is 11.4 Å². The largest absolute Gasteiger partial charge is 0.463 e. The van der Waals surface area contributed by atoms with Gasteiger partial charge in [-0.2, -0.15) is 0 Å². The number of rotatable bonds is 1. The third-order valence-corrected chi connectivity index (χ3v) is 2.91. The molecule has 0 radical (unpaired) electrons. The first kappa shape index (κ1) is 9.40. The van der Waals surface area contributed by atoms with Crippen molar-refractivity contribution in [2.24, 2.45) is 4.99 Å². The zero-order chi connectivity index (χ0) is 10.8. The number of aryl methyl sites for hydroxylation is 1. The first-order valence-corrected chi connectivity index (χ1v) is 5.63. The summed E-state index contributed by atoms with van der Waals surface area (Å²) >= 11 is 0. The Morgan fingerprint density at radius 3 is 2.81 bits per heavy atom. The van der Waals surface area contributed by atoms with Gasteiger partial charge in [-0.3, -0.25) is 0 Å². The van der Waals surface area contributed by atoms with Crippen molar-refractivity contribution in [3.8, 4) is 0 Å². The molecule has 0 fully saturated rings. The van der Waals surface area contributed by atoms with Crippen molar-refractivity contribution < 1.29 is 4.42 Å². The van der Waals surface area contributed by atoms with Gasteiger partial charge in [0.15, 0.2) is 0 Å². The van der Waals surface area contributed by atoms with Crippen LogP contribution >= 0.6 is 0 Å². The van der Waals surface area contributed by atoms with E-state index in [0.717, 1.165) is 36.4 Å². The first-order valence-electron chi connectivity index (χ1n) is 5.63. The highest BCUT2D eigenvalue weighted by atomic mass is 16.3. The molecule has 1 aromatic carbocycles. The van der Waals surface area contributed by atoms with Crippen LogP contribution in [-0.4, -0.2) is 5.71 Å². The Morgan fingerprint density at radius 2 is 1.94 bits per heavy atom. The first-order chi connectivity index (χ1) is 7.93. The molecule has 2 heteroatoms. The predicted molar refractivity (Wildman–Crippen MR) is 64.3 cm³/mol. The van der Waals surface area contributed by atoms with Gasteiger partial charge in [-0.1, -0.05) is 18.2 Å². The molecular formula is C14H13NO. The minimum atomic E-state index is 0.900. The summed E-state index contributed by atoms with van der Waals surface area (Å²) in [6, 6.07) is 12.2. The van der Waals surface area contributed by atoms with Crippen LogP contribution in [-0.2, 0) is 6.42 Å². The predicted octanol–water partition coefficient (Wildman–Crippen LogP) is 3.74. The summed E-state index contributed by atoms with van der Waals surface area (Å²) in [7, 11) is 0. The molecule has 2 heterocycles. The van der Waals surface area contributed by atoms with E-state index in [9.17, 15) is 0 Å². The Kier molecular flexibility index (Phi) is 2.33. The van der Waals surface area contributed by atoms with Crippen molar-refractivity contribution in [3.05, 3.63) is 54.0 Å². The fourth-order valence-corrected chi connectivity index (χ4v) is 2.10. The number of nitrogens with zero attached hydrogens (tertiary/aromatic N) is 1. The summed E-state index contributed by atoms with van der Waals surface area (Å²) in [5, 5.41) is 0. The van der Waals surface area contributed by atoms with Crippen LogP contribution in [0.3, 0.4) is 0 Å². The molecule has 1 aromatic heterocycles. The van der Waals surface area contributed by atoms with Crippen molar-refractivity contribution in [2.75, 3.05) is 0 Å². The normalized spacial score (nSPS) is 15.1. The average molecular weight is 211 g/mol. The molecule has 16 heavy (non-hydrogen) atoms. The van der Waals surface area contributed by atoms with Gasteiger partial charge >= 0.3 is 0 Å². The van der Waals surface area contributed by atoms with E-state index in [2.05, 4.69) is 18.2 Å². The van der Waals surface area contributed by atoms with Gasteiger partial charge < -0.3 is 4.42 Å². The van der Waals surface area contributed by atoms with E-state index in [0.29, 0.717) is 0 Å². The van der Waals surface area contributed by atoms with E-state index in [1.807, 2.05) is 18.2 Å². The van der Waals surface area contributed by atoms with Crippen LogP contribution in [0.5, 0.6) is 0 Å². The molecule has 0 spiro atoms.